The number of hydrogen-bond acceptors (Lipinski definition) is 2. The summed E-state index contributed by atoms with van der Waals surface area (Å²) < 4.78 is 5.52. The zero-order chi connectivity index (χ0) is 12.8. The van der Waals surface area contributed by atoms with E-state index < -0.39 is 0 Å². The van der Waals surface area contributed by atoms with Crippen LogP contribution in [0.1, 0.15) is 43.2 Å². The molecule has 0 fully saturated rings. The number of nitrogens with one attached hydrogen (secondary N) is 1. The van der Waals surface area contributed by atoms with Crippen LogP contribution in [0.15, 0.2) is 47.1 Å². The average molecular weight is 243 g/mol. The van der Waals surface area contributed by atoms with E-state index in [0.717, 1.165) is 18.7 Å². The molecule has 1 N–H and O–H groups in total. The average Bonchev–Trinajstić information content (AvgIpc) is 2.91. The molecule has 0 aliphatic carbocycles. The van der Waals surface area contributed by atoms with Gasteiger partial charge in [0.2, 0.25) is 0 Å². The van der Waals surface area contributed by atoms with Crippen LogP contribution >= 0.6 is 0 Å². The van der Waals surface area contributed by atoms with Gasteiger partial charge in [0.25, 0.3) is 0 Å². The molecule has 0 radical (unpaired) electrons. The molecule has 0 aliphatic rings. The third kappa shape index (κ3) is 3.02. The minimum atomic E-state index is 0.153. The minimum absolute atomic E-state index is 0.153. The molecule has 2 nitrogen and oxygen atoms in total. The van der Waals surface area contributed by atoms with Crippen molar-refractivity contribution >= 4 is 0 Å². The molecule has 2 rings (SSSR count). The predicted octanol–water partition coefficient (Wildman–Crippen LogP) is 3.93. The molecular formula is C16H21NO. The summed E-state index contributed by atoms with van der Waals surface area (Å²) in [7, 11) is 0. The largest absolute Gasteiger partial charge is 0.467 e. The fraction of sp³-hybridized carbons (Fsp3) is 0.375. The highest BCUT2D eigenvalue weighted by Gasteiger charge is 2.15. The maximum absolute atomic E-state index is 5.52. The Morgan fingerprint density at radius 1 is 1.11 bits per heavy atom. The van der Waals surface area contributed by atoms with Gasteiger partial charge in [-0.2, -0.15) is 0 Å². The van der Waals surface area contributed by atoms with Gasteiger partial charge in [-0.3, -0.25) is 0 Å². The molecule has 0 spiro atoms. The van der Waals surface area contributed by atoms with Gasteiger partial charge in [0, 0.05) is 0 Å². The normalized spacial score (nSPS) is 12.6. The van der Waals surface area contributed by atoms with E-state index in [1.165, 1.54) is 17.5 Å². The monoisotopic (exact) mass is 243 g/mol. The molecule has 0 aliphatic heterocycles. The number of aryl methyl sites for hydroxylation is 1. The van der Waals surface area contributed by atoms with E-state index in [-0.39, 0.29) is 6.04 Å². The lowest BCUT2D eigenvalue weighted by Gasteiger charge is -2.16. The van der Waals surface area contributed by atoms with Gasteiger partial charge >= 0.3 is 0 Å². The van der Waals surface area contributed by atoms with Crippen LogP contribution in [0.25, 0.3) is 0 Å². The van der Waals surface area contributed by atoms with E-state index in [4.69, 9.17) is 4.42 Å². The number of rotatable bonds is 6. The van der Waals surface area contributed by atoms with E-state index in [9.17, 15) is 0 Å². The maximum Gasteiger partial charge on any atom is 0.125 e. The van der Waals surface area contributed by atoms with Gasteiger partial charge in [0.1, 0.15) is 5.76 Å². The van der Waals surface area contributed by atoms with Crippen molar-refractivity contribution in [1.29, 1.82) is 0 Å². The Morgan fingerprint density at radius 2 is 1.89 bits per heavy atom. The third-order valence-electron chi connectivity index (χ3n) is 3.09. The van der Waals surface area contributed by atoms with Crippen molar-refractivity contribution in [2.75, 3.05) is 6.54 Å². The summed E-state index contributed by atoms with van der Waals surface area (Å²) in [5.41, 5.74) is 2.66. The SMILES string of the molecule is CCCc1ccc(C(NCC)c2ccco2)cc1. The van der Waals surface area contributed by atoms with Crippen molar-refractivity contribution in [2.24, 2.45) is 0 Å². The van der Waals surface area contributed by atoms with Crippen molar-refractivity contribution < 1.29 is 4.42 Å². The Morgan fingerprint density at radius 3 is 2.44 bits per heavy atom. The van der Waals surface area contributed by atoms with Crippen molar-refractivity contribution in [3.63, 3.8) is 0 Å². The molecule has 1 heterocycles. The van der Waals surface area contributed by atoms with Gasteiger partial charge in [-0.15, -0.1) is 0 Å². The Labute approximate surface area is 109 Å². The second-order valence-corrected chi connectivity index (χ2v) is 4.50. The van der Waals surface area contributed by atoms with Crippen LogP contribution in [0.5, 0.6) is 0 Å². The zero-order valence-electron chi connectivity index (χ0n) is 11.1. The summed E-state index contributed by atoms with van der Waals surface area (Å²) in [6.45, 7) is 5.24. The standard InChI is InChI=1S/C16H21NO/c1-3-6-13-8-10-14(11-9-13)16(17-4-2)15-7-5-12-18-15/h5,7-12,16-17H,3-4,6H2,1-2H3. The molecule has 2 heteroatoms. The lowest BCUT2D eigenvalue weighted by molar-refractivity contribution is 0.452. The molecule has 1 aromatic carbocycles. The molecule has 1 atom stereocenters. The van der Waals surface area contributed by atoms with Gasteiger partial charge in [-0.05, 0) is 36.2 Å². The molecule has 1 aromatic heterocycles. The van der Waals surface area contributed by atoms with Gasteiger partial charge in [0.15, 0.2) is 0 Å². The van der Waals surface area contributed by atoms with E-state index in [1.54, 1.807) is 6.26 Å². The Hall–Kier alpha value is -1.54. The smallest absolute Gasteiger partial charge is 0.125 e. The van der Waals surface area contributed by atoms with E-state index in [0.29, 0.717) is 0 Å². The summed E-state index contributed by atoms with van der Waals surface area (Å²) in [5.74, 6) is 0.972. The van der Waals surface area contributed by atoms with Crippen LogP contribution < -0.4 is 5.32 Å². The summed E-state index contributed by atoms with van der Waals surface area (Å²) in [6.07, 6.45) is 4.06. The first-order valence-corrected chi connectivity index (χ1v) is 6.70. The topological polar surface area (TPSA) is 25.2 Å². The number of benzene rings is 1. The van der Waals surface area contributed by atoms with Crippen molar-refractivity contribution in [2.45, 2.75) is 32.7 Å². The zero-order valence-corrected chi connectivity index (χ0v) is 11.1. The fourth-order valence-electron chi connectivity index (χ4n) is 2.21. The first-order valence-electron chi connectivity index (χ1n) is 6.70. The number of hydrogen-bond donors (Lipinski definition) is 1. The Balaban J connectivity index is 2.20. The maximum atomic E-state index is 5.52. The second kappa shape index (κ2) is 6.41. The first-order chi connectivity index (χ1) is 8.85. The highest BCUT2D eigenvalue weighted by Crippen LogP contribution is 2.23. The highest BCUT2D eigenvalue weighted by molar-refractivity contribution is 5.29. The summed E-state index contributed by atoms with van der Waals surface area (Å²) >= 11 is 0. The van der Waals surface area contributed by atoms with Gasteiger partial charge in [-0.25, -0.2) is 0 Å². The van der Waals surface area contributed by atoms with E-state index in [1.807, 2.05) is 12.1 Å². The molecular weight excluding hydrogens is 222 g/mol. The molecule has 0 amide bonds. The van der Waals surface area contributed by atoms with Gasteiger partial charge in [-0.1, -0.05) is 44.5 Å². The van der Waals surface area contributed by atoms with Crippen molar-refractivity contribution in [3.8, 4) is 0 Å². The highest BCUT2D eigenvalue weighted by atomic mass is 16.3. The van der Waals surface area contributed by atoms with Crippen LogP contribution in [0, 0.1) is 0 Å². The van der Waals surface area contributed by atoms with Gasteiger partial charge in [0.05, 0.1) is 12.3 Å². The second-order valence-electron chi connectivity index (χ2n) is 4.50. The predicted molar refractivity (Wildman–Crippen MR) is 74.7 cm³/mol. The van der Waals surface area contributed by atoms with Crippen LogP contribution in [0.2, 0.25) is 0 Å². The van der Waals surface area contributed by atoms with Crippen molar-refractivity contribution in [3.05, 3.63) is 59.5 Å². The Bertz CT molecular complexity index is 444. The van der Waals surface area contributed by atoms with E-state index >= 15 is 0 Å². The lowest BCUT2D eigenvalue weighted by atomic mass is 10.0. The van der Waals surface area contributed by atoms with Crippen LogP contribution in [-0.2, 0) is 6.42 Å². The van der Waals surface area contributed by atoms with Crippen LogP contribution in [0.4, 0.5) is 0 Å². The number of furan rings is 1. The minimum Gasteiger partial charge on any atom is -0.467 e. The molecule has 18 heavy (non-hydrogen) atoms. The molecule has 96 valence electrons. The summed E-state index contributed by atoms with van der Waals surface area (Å²) in [4.78, 5) is 0. The molecule has 0 saturated carbocycles. The fourth-order valence-corrected chi connectivity index (χ4v) is 2.21. The molecule has 2 aromatic rings. The summed E-state index contributed by atoms with van der Waals surface area (Å²) in [6, 6.07) is 12.9. The third-order valence-corrected chi connectivity index (χ3v) is 3.09. The van der Waals surface area contributed by atoms with E-state index in [2.05, 4.69) is 43.4 Å². The van der Waals surface area contributed by atoms with Crippen LogP contribution in [0.3, 0.4) is 0 Å². The lowest BCUT2D eigenvalue weighted by Crippen LogP contribution is -2.21. The quantitative estimate of drug-likeness (QED) is 0.831. The first kappa shape index (κ1) is 12.9. The Kier molecular flexibility index (Phi) is 4.59. The molecule has 0 saturated heterocycles. The molecule has 0 bridgehead atoms. The van der Waals surface area contributed by atoms with Crippen LogP contribution in [-0.4, -0.2) is 6.54 Å². The van der Waals surface area contributed by atoms with Gasteiger partial charge < -0.3 is 9.73 Å². The summed E-state index contributed by atoms with van der Waals surface area (Å²) in [5, 5.41) is 3.46. The molecule has 1 unspecified atom stereocenters. The van der Waals surface area contributed by atoms with Crippen molar-refractivity contribution in [1.82, 2.24) is 5.32 Å².